The van der Waals surface area contributed by atoms with Crippen molar-refractivity contribution in [3.8, 4) is 0 Å². The van der Waals surface area contributed by atoms with E-state index < -0.39 is 30.1 Å². The average molecular weight is 390 g/mol. The molecule has 7 nitrogen and oxygen atoms in total. The molecule has 154 valence electrons. The van der Waals surface area contributed by atoms with Crippen LogP contribution in [0.15, 0.2) is 12.1 Å². The number of likely N-dealkylation sites (tertiary alicyclic amines) is 1. The van der Waals surface area contributed by atoms with Crippen molar-refractivity contribution in [1.29, 1.82) is 0 Å². The van der Waals surface area contributed by atoms with E-state index in [0.717, 1.165) is 22.4 Å². The maximum absolute atomic E-state index is 12.8. The Bertz CT molecular complexity index is 783. The Kier molecular flexibility index (Phi) is 6.18. The monoisotopic (exact) mass is 390 g/mol. The fourth-order valence-corrected chi connectivity index (χ4v) is 4.55. The zero-order chi connectivity index (χ0) is 21.4. The van der Waals surface area contributed by atoms with Crippen LogP contribution < -0.4 is 10.0 Å². The molecule has 28 heavy (non-hydrogen) atoms. The largest absolute Gasteiger partial charge is 0.550 e. The highest BCUT2D eigenvalue weighted by molar-refractivity contribution is 5.94. The third kappa shape index (κ3) is 3.90. The molecule has 7 heteroatoms. The van der Waals surface area contributed by atoms with Crippen molar-refractivity contribution < 1.29 is 29.1 Å². The van der Waals surface area contributed by atoms with Crippen molar-refractivity contribution in [2.45, 2.75) is 59.7 Å². The van der Waals surface area contributed by atoms with Crippen molar-refractivity contribution in [2.75, 3.05) is 18.5 Å². The Hall–Kier alpha value is -2.41. The molecule has 1 aromatic rings. The van der Waals surface area contributed by atoms with Gasteiger partial charge in [0, 0.05) is 31.7 Å². The van der Waals surface area contributed by atoms with Gasteiger partial charge in [-0.05, 0) is 38.8 Å². The number of nitrogens with zero attached hydrogens (tertiary/aromatic N) is 2. The number of hydrogen-bond donors (Lipinski definition) is 1. The van der Waals surface area contributed by atoms with Gasteiger partial charge in [0.25, 0.3) is 0 Å². The van der Waals surface area contributed by atoms with Gasteiger partial charge < -0.3 is 15.0 Å². The summed E-state index contributed by atoms with van der Waals surface area (Å²) in [5.74, 6) is -3.08. The molecule has 1 fully saturated rings. The first-order valence-electron chi connectivity index (χ1n) is 9.56. The van der Waals surface area contributed by atoms with Gasteiger partial charge in [-0.3, -0.25) is 14.2 Å². The van der Waals surface area contributed by atoms with E-state index in [-0.39, 0.29) is 16.8 Å². The lowest BCUT2D eigenvalue weighted by molar-refractivity contribution is -0.951. The van der Waals surface area contributed by atoms with Gasteiger partial charge in [-0.2, -0.15) is 0 Å². The smallest absolute Gasteiger partial charge is 0.362 e. The summed E-state index contributed by atoms with van der Waals surface area (Å²) in [6, 6.07) is 3.16. The summed E-state index contributed by atoms with van der Waals surface area (Å²) in [4.78, 5) is 37.8. The minimum absolute atomic E-state index is 0.0610. The number of quaternary nitrogens is 1. The maximum atomic E-state index is 12.8. The molecule has 1 aliphatic heterocycles. The molecule has 0 aliphatic carbocycles. The predicted octanol–water partition coefficient (Wildman–Crippen LogP) is 1.37. The summed E-state index contributed by atoms with van der Waals surface area (Å²) in [7, 11) is 1.80. The first-order chi connectivity index (χ1) is 12.9. The average Bonchev–Trinajstić information content (AvgIpc) is 2.57. The van der Waals surface area contributed by atoms with E-state index in [0.29, 0.717) is 13.0 Å². The van der Waals surface area contributed by atoms with Crippen LogP contribution in [0.3, 0.4) is 0 Å². The fraction of sp³-hybridized carbons (Fsp3) is 0.571. The first-order valence-corrected chi connectivity index (χ1v) is 9.56. The van der Waals surface area contributed by atoms with Gasteiger partial charge in [0.2, 0.25) is 5.91 Å². The molecular formula is C21H30N2O5. The van der Waals surface area contributed by atoms with Crippen molar-refractivity contribution in [3.63, 3.8) is 0 Å². The Balaban J connectivity index is 2.67. The number of rotatable bonds is 5. The van der Waals surface area contributed by atoms with Gasteiger partial charge in [-0.15, -0.1) is 0 Å². The highest BCUT2D eigenvalue weighted by Gasteiger charge is 2.50. The highest BCUT2D eigenvalue weighted by Crippen LogP contribution is 2.38. The van der Waals surface area contributed by atoms with Gasteiger partial charge in [-0.25, -0.2) is 4.79 Å². The Morgan fingerprint density at radius 2 is 1.75 bits per heavy atom. The van der Waals surface area contributed by atoms with Gasteiger partial charge in [-0.1, -0.05) is 17.7 Å². The summed E-state index contributed by atoms with van der Waals surface area (Å²) in [6.07, 6.45) is -0.131. The van der Waals surface area contributed by atoms with E-state index in [2.05, 4.69) is 0 Å². The van der Waals surface area contributed by atoms with Crippen LogP contribution in [0.1, 0.15) is 43.4 Å². The van der Waals surface area contributed by atoms with Crippen LogP contribution in [-0.2, 0) is 14.4 Å². The van der Waals surface area contributed by atoms with Crippen molar-refractivity contribution >= 4 is 23.5 Å². The second kappa shape index (κ2) is 7.91. The highest BCUT2D eigenvalue weighted by atomic mass is 16.4. The zero-order valence-corrected chi connectivity index (χ0v) is 17.5. The van der Waals surface area contributed by atoms with Crippen LogP contribution in [0.4, 0.5) is 5.69 Å². The summed E-state index contributed by atoms with van der Waals surface area (Å²) in [5.41, 5.74) is 3.59. The number of carboxylic acids is 2. The standard InChI is InChI=1S/C21H30N2O5/c1-12-9-13(2)19(14(3)10-12)22(16(5)24)18-11-17(21(27)28)7-8-23(18,6)15(4)20(25)26/h9-10,15,17-18H,7-8,11H2,1-6H3,(H-,25,26,27,28). The van der Waals surface area contributed by atoms with Crippen molar-refractivity contribution in [2.24, 2.45) is 5.92 Å². The number of aryl methyl sites for hydroxylation is 3. The van der Waals surface area contributed by atoms with E-state index in [9.17, 15) is 24.6 Å². The third-order valence-corrected chi connectivity index (χ3v) is 6.22. The molecule has 4 unspecified atom stereocenters. The number of hydrogen-bond acceptors (Lipinski definition) is 4. The van der Waals surface area contributed by atoms with Crippen LogP contribution in [0.25, 0.3) is 0 Å². The molecule has 2 rings (SSSR count). The summed E-state index contributed by atoms with van der Waals surface area (Å²) >= 11 is 0. The number of carboxylic acid groups (broad SMARTS) is 2. The predicted molar refractivity (Wildman–Crippen MR) is 103 cm³/mol. The molecule has 1 aromatic carbocycles. The van der Waals surface area contributed by atoms with Crippen LogP contribution in [-0.4, -0.2) is 53.2 Å². The second-order valence-corrected chi connectivity index (χ2v) is 8.24. The van der Waals surface area contributed by atoms with Gasteiger partial charge >= 0.3 is 5.97 Å². The fourth-order valence-electron chi connectivity index (χ4n) is 4.55. The van der Waals surface area contributed by atoms with Crippen molar-refractivity contribution in [1.82, 2.24) is 0 Å². The molecule has 0 bridgehead atoms. The minimum atomic E-state index is -1.15. The molecule has 0 radical (unpaired) electrons. The molecule has 1 heterocycles. The number of anilines is 1. The Morgan fingerprint density at radius 1 is 1.21 bits per heavy atom. The molecule has 0 saturated carbocycles. The number of likely N-dealkylation sites (N-methyl/N-ethyl adjacent to an activating group) is 1. The first kappa shape index (κ1) is 21.9. The normalized spacial score (nSPS) is 25.8. The molecule has 1 saturated heterocycles. The van der Waals surface area contributed by atoms with Crippen LogP contribution in [0.5, 0.6) is 0 Å². The summed E-state index contributed by atoms with van der Waals surface area (Å²) in [6.45, 7) is 9.19. The quantitative estimate of drug-likeness (QED) is 0.766. The lowest BCUT2D eigenvalue weighted by Crippen LogP contribution is -2.70. The van der Waals surface area contributed by atoms with Gasteiger partial charge in [0.1, 0.15) is 0 Å². The Labute approximate surface area is 166 Å². The van der Waals surface area contributed by atoms with E-state index in [1.54, 1.807) is 18.9 Å². The number of aliphatic carboxylic acids is 2. The molecule has 1 amide bonds. The lowest BCUT2D eigenvalue weighted by Gasteiger charge is -2.52. The number of benzene rings is 1. The number of carbonyl (C=O) groups excluding carboxylic acids is 2. The summed E-state index contributed by atoms with van der Waals surface area (Å²) in [5, 5.41) is 21.3. The van der Waals surface area contributed by atoms with Crippen LogP contribution in [0.2, 0.25) is 0 Å². The van der Waals surface area contributed by atoms with E-state index >= 15 is 0 Å². The lowest BCUT2D eigenvalue weighted by atomic mass is 9.89. The minimum Gasteiger partial charge on any atom is -0.550 e. The topological polar surface area (TPSA) is 97.7 Å². The van der Waals surface area contributed by atoms with E-state index in [1.165, 1.54) is 6.92 Å². The zero-order valence-electron chi connectivity index (χ0n) is 17.5. The SMILES string of the molecule is CC(=O)N(c1c(C)cc(C)cc1C)C1CC(C(=O)[O-])CC[N+]1(C)C(C)C(=O)O. The summed E-state index contributed by atoms with van der Waals surface area (Å²) < 4.78 is 0.0610. The number of carbonyl (C=O) groups is 3. The molecular weight excluding hydrogens is 360 g/mol. The van der Waals surface area contributed by atoms with Crippen LogP contribution in [0, 0.1) is 26.7 Å². The van der Waals surface area contributed by atoms with Crippen molar-refractivity contribution in [3.05, 3.63) is 28.8 Å². The van der Waals surface area contributed by atoms with E-state index in [4.69, 9.17) is 0 Å². The number of piperidine rings is 1. The maximum Gasteiger partial charge on any atom is 0.362 e. The molecule has 1 N–H and O–H groups in total. The molecule has 1 aliphatic rings. The molecule has 0 spiro atoms. The second-order valence-electron chi connectivity index (χ2n) is 8.24. The van der Waals surface area contributed by atoms with E-state index in [1.807, 2.05) is 32.9 Å². The van der Waals surface area contributed by atoms with Gasteiger partial charge in [0.05, 0.1) is 19.3 Å². The van der Waals surface area contributed by atoms with Gasteiger partial charge in [0.15, 0.2) is 12.2 Å². The molecule has 0 aromatic heterocycles. The third-order valence-electron chi connectivity index (χ3n) is 6.22. The Morgan fingerprint density at radius 3 is 2.18 bits per heavy atom. The van der Waals surface area contributed by atoms with Crippen LogP contribution >= 0.6 is 0 Å². The molecule has 4 atom stereocenters. The number of amides is 1.